The molecule has 6 nitrogen and oxygen atoms in total. The molecule has 1 aromatic heterocycles. The minimum absolute atomic E-state index is 0.313. The predicted octanol–water partition coefficient (Wildman–Crippen LogP) is 4.57. The molecule has 0 saturated carbocycles. The van der Waals surface area contributed by atoms with E-state index in [-0.39, 0.29) is 5.91 Å². The number of hydrogen-bond donors (Lipinski definition) is 2. The highest BCUT2D eigenvalue weighted by Gasteiger charge is 2.35. The number of rotatable bonds is 9. The molecule has 0 unspecified atom stereocenters. The summed E-state index contributed by atoms with van der Waals surface area (Å²) in [7, 11) is 0. The van der Waals surface area contributed by atoms with E-state index in [9.17, 15) is 14.7 Å². The number of aromatic nitrogens is 1. The van der Waals surface area contributed by atoms with Crippen LogP contribution in [-0.4, -0.2) is 33.2 Å². The van der Waals surface area contributed by atoms with Crippen molar-refractivity contribution in [2.45, 2.75) is 52.0 Å². The van der Waals surface area contributed by atoms with Crippen molar-refractivity contribution in [3.05, 3.63) is 59.9 Å². The zero-order chi connectivity index (χ0) is 20.6. The van der Waals surface area contributed by atoms with Crippen molar-refractivity contribution in [1.82, 2.24) is 4.98 Å². The molecule has 0 aliphatic rings. The van der Waals surface area contributed by atoms with Gasteiger partial charge in [-0.05, 0) is 37.5 Å². The van der Waals surface area contributed by atoms with Crippen molar-refractivity contribution in [1.29, 1.82) is 0 Å². The molecule has 0 fully saturated rings. The summed E-state index contributed by atoms with van der Waals surface area (Å²) in [5, 5.41) is 12.7. The molecule has 0 spiro atoms. The van der Waals surface area contributed by atoms with Crippen LogP contribution in [0.4, 0.5) is 5.69 Å². The largest absolute Gasteiger partial charge is 0.479 e. The molecule has 0 aliphatic carbocycles. The average Bonchev–Trinajstić information content (AvgIpc) is 2.72. The monoisotopic (exact) mass is 381 g/mol. The van der Waals surface area contributed by atoms with E-state index in [4.69, 9.17) is 4.99 Å². The number of carboxylic acid groups (broad SMARTS) is 1. The molecule has 2 N–H and O–H groups in total. The van der Waals surface area contributed by atoms with Crippen LogP contribution in [-0.2, 0) is 4.79 Å². The van der Waals surface area contributed by atoms with Crippen molar-refractivity contribution in [3.63, 3.8) is 0 Å². The van der Waals surface area contributed by atoms with Gasteiger partial charge in [-0.2, -0.15) is 0 Å². The summed E-state index contributed by atoms with van der Waals surface area (Å²) in [6.45, 7) is 5.68. The second-order valence-electron chi connectivity index (χ2n) is 6.57. The van der Waals surface area contributed by atoms with Crippen LogP contribution in [0.1, 0.15) is 62.5 Å². The molecule has 0 radical (unpaired) electrons. The Hall–Kier alpha value is -3.02. The third kappa shape index (κ3) is 4.82. The van der Waals surface area contributed by atoms with E-state index in [1.54, 1.807) is 30.5 Å². The van der Waals surface area contributed by atoms with E-state index in [0.29, 0.717) is 36.4 Å². The number of carboxylic acids is 1. The molecule has 148 valence electrons. The highest BCUT2D eigenvalue weighted by molar-refractivity contribution is 6.11. The summed E-state index contributed by atoms with van der Waals surface area (Å²) in [6, 6.07) is 12.5. The standard InChI is InChI=1S/C22H27N3O3/c1-4-11-18(25-22(5-2,6-3)21(27)28)16-12-7-8-13-17(16)24-20(26)19-14-9-10-15-23-19/h7-10,12-15H,4-6,11H2,1-3H3,(H,24,26)(H,27,28). The first-order valence-corrected chi connectivity index (χ1v) is 9.61. The molecule has 2 rings (SSSR count). The number of hydrogen-bond acceptors (Lipinski definition) is 4. The zero-order valence-corrected chi connectivity index (χ0v) is 16.6. The van der Waals surface area contributed by atoms with Crippen molar-refractivity contribution < 1.29 is 14.7 Å². The molecule has 2 aromatic rings. The fraction of sp³-hybridized carbons (Fsp3) is 0.364. The van der Waals surface area contributed by atoms with Gasteiger partial charge in [0.15, 0.2) is 5.54 Å². The number of pyridine rings is 1. The van der Waals surface area contributed by atoms with E-state index in [1.165, 1.54) is 0 Å². The van der Waals surface area contributed by atoms with Crippen molar-refractivity contribution in [2.24, 2.45) is 4.99 Å². The first kappa shape index (κ1) is 21.3. The lowest BCUT2D eigenvalue weighted by Gasteiger charge is -2.24. The summed E-state index contributed by atoms with van der Waals surface area (Å²) in [5.41, 5.74) is 1.17. The summed E-state index contributed by atoms with van der Waals surface area (Å²) in [4.78, 5) is 33.2. The fourth-order valence-electron chi connectivity index (χ4n) is 3.03. The van der Waals surface area contributed by atoms with E-state index >= 15 is 0 Å². The lowest BCUT2D eigenvalue weighted by atomic mass is 9.92. The van der Waals surface area contributed by atoms with Crippen molar-refractivity contribution in [2.75, 3.05) is 5.32 Å². The summed E-state index contributed by atoms with van der Waals surface area (Å²) in [5.74, 6) is -1.25. The third-order valence-corrected chi connectivity index (χ3v) is 4.79. The Balaban J connectivity index is 2.47. The Morgan fingerprint density at radius 1 is 1.07 bits per heavy atom. The third-order valence-electron chi connectivity index (χ3n) is 4.79. The highest BCUT2D eigenvalue weighted by Crippen LogP contribution is 2.26. The zero-order valence-electron chi connectivity index (χ0n) is 16.6. The van der Waals surface area contributed by atoms with Crippen molar-refractivity contribution in [3.8, 4) is 0 Å². The number of nitrogens with one attached hydrogen (secondary N) is 1. The van der Waals surface area contributed by atoms with Gasteiger partial charge in [-0.3, -0.25) is 14.8 Å². The Kier molecular flexibility index (Phi) is 7.44. The maximum Gasteiger partial charge on any atom is 0.331 e. The Bertz CT molecular complexity index is 843. The quantitative estimate of drug-likeness (QED) is 0.623. The Morgan fingerprint density at radius 3 is 2.32 bits per heavy atom. The van der Waals surface area contributed by atoms with Crippen LogP contribution in [0.5, 0.6) is 0 Å². The van der Waals surface area contributed by atoms with E-state index in [0.717, 1.165) is 12.0 Å². The van der Waals surface area contributed by atoms with E-state index < -0.39 is 11.5 Å². The maximum atomic E-state index is 12.5. The van der Waals surface area contributed by atoms with E-state index in [2.05, 4.69) is 10.3 Å². The van der Waals surface area contributed by atoms with Gasteiger partial charge in [-0.1, -0.05) is 51.5 Å². The van der Waals surface area contributed by atoms with Crippen LogP contribution in [0.25, 0.3) is 0 Å². The van der Waals surface area contributed by atoms with Crippen molar-refractivity contribution >= 4 is 23.3 Å². The van der Waals surface area contributed by atoms with Gasteiger partial charge in [-0.15, -0.1) is 0 Å². The van der Waals surface area contributed by atoms with Gasteiger partial charge >= 0.3 is 5.97 Å². The maximum absolute atomic E-state index is 12.5. The van der Waals surface area contributed by atoms with Crippen LogP contribution >= 0.6 is 0 Å². The number of carbonyl (C=O) groups excluding carboxylic acids is 1. The topological polar surface area (TPSA) is 91.6 Å². The van der Waals surface area contributed by atoms with Gasteiger partial charge in [0.25, 0.3) is 5.91 Å². The SMILES string of the molecule is CCCC(=NC(CC)(CC)C(=O)O)c1ccccc1NC(=O)c1ccccn1. The number of anilines is 1. The minimum atomic E-state index is -1.16. The van der Waals surface area contributed by atoms with Crippen LogP contribution in [0.15, 0.2) is 53.7 Å². The van der Waals surface area contributed by atoms with Gasteiger partial charge in [0.1, 0.15) is 5.69 Å². The molecule has 1 heterocycles. The molecule has 0 saturated heterocycles. The first-order chi connectivity index (χ1) is 13.5. The molecule has 1 aromatic carbocycles. The molecule has 0 atom stereocenters. The van der Waals surface area contributed by atoms with Crippen LogP contribution in [0.2, 0.25) is 0 Å². The number of carbonyl (C=O) groups is 2. The van der Waals surface area contributed by atoms with Gasteiger partial charge in [0.2, 0.25) is 0 Å². The number of nitrogens with zero attached hydrogens (tertiary/aromatic N) is 2. The molecular weight excluding hydrogens is 354 g/mol. The number of aliphatic imine (C=N–C) groups is 1. The van der Waals surface area contributed by atoms with Gasteiger partial charge in [0.05, 0.1) is 5.69 Å². The Morgan fingerprint density at radius 2 is 1.75 bits per heavy atom. The lowest BCUT2D eigenvalue weighted by Crippen LogP contribution is -2.36. The van der Waals surface area contributed by atoms with Crippen LogP contribution in [0, 0.1) is 0 Å². The van der Waals surface area contributed by atoms with E-state index in [1.807, 2.05) is 39.0 Å². The average molecular weight is 381 g/mol. The summed E-state index contributed by atoms with van der Waals surface area (Å²) >= 11 is 0. The molecule has 28 heavy (non-hydrogen) atoms. The number of para-hydroxylation sites is 1. The lowest BCUT2D eigenvalue weighted by molar-refractivity contribution is -0.143. The number of benzene rings is 1. The fourth-order valence-corrected chi connectivity index (χ4v) is 3.03. The number of amides is 1. The predicted molar refractivity (Wildman–Crippen MR) is 111 cm³/mol. The second kappa shape index (κ2) is 9.78. The first-order valence-electron chi connectivity index (χ1n) is 9.61. The summed E-state index contributed by atoms with van der Waals surface area (Å²) < 4.78 is 0. The normalized spacial score (nSPS) is 11.9. The molecule has 1 amide bonds. The molecule has 0 bridgehead atoms. The minimum Gasteiger partial charge on any atom is -0.479 e. The van der Waals surface area contributed by atoms with Gasteiger partial charge in [-0.25, -0.2) is 4.79 Å². The molecular formula is C22H27N3O3. The second-order valence-corrected chi connectivity index (χ2v) is 6.57. The smallest absolute Gasteiger partial charge is 0.331 e. The molecule has 6 heteroatoms. The van der Waals surface area contributed by atoms with Gasteiger partial charge in [0, 0.05) is 17.5 Å². The summed E-state index contributed by atoms with van der Waals surface area (Å²) in [6.07, 6.45) is 3.79. The number of aliphatic carboxylic acids is 1. The van der Waals surface area contributed by atoms with Crippen LogP contribution in [0.3, 0.4) is 0 Å². The molecule has 0 aliphatic heterocycles. The van der Waals surface area contributed by atoms with Gasteiger partial charge < -0.3 is 10.4 Å². The van der Waals surface area contributed by atoms with Crippen LogP contribution < -0.4 is 5.32 Å². The Labute approximate surface area is 165 Å². The highest BCUT2D eigenvalue weighted by atomic mass is 16.4.